The van der Waals surface area contributed by atoms with E-state index >= 15 is 0 Å². The van der Waals surface area contributed by atoms with Crippen LogP contribution in [0.5, 0.6) is 0 Å². The monoisotopic (exact) mass is 296 g/mol. The van der Waals surface area contributed by atoms with E-state index in [9.17, 15) is 8.42 Å². The molecule has 1 aromatic rings. The van der Waals surface area contributed by atoms with E-state index in [0.29, 0.717) is 19.0 Å². The molecule has 1 N–H and O–H groups in total. The summed E-state index contributed by atoms with van der Waals surface area (Å²) in [6.07, 6.45) is 3.34. The number of aryl methyl sites for hydroxylation is 2. The van der Waals surface area contributed by atoms with Gasteiger partial charge in [-0.3, -0.25) is 0 Å². The summed E-state index contributed by atoms with van der Waals surface area (Å²) < 4.78 is 24.8. The van der Waals surface area contributed by atoms with Gasteiger partial charge in [0.1, 0.15) is 0 Å². The molecule has 1 unspecified atom stereocenters. The summed E-state index contributed by atoms with van der Waals surface area (Å²) in [5.41, 5.74) is 3.64. The highest BCUT2D eigenvalue weighted by Gasteiger charge is 2.25. The number of rotatable bonds is 4. The quantitative estimate of drug-likeness (QED) is 0.928. The van der Waals surface area contributed by atoms with Crippen LogP contribution < -0.4 is 5.32 Å². The smallest absolute Gasteiger partial charge is 0.211 e. The van der Waals surface area contributed by atoms with Crippen molar-refractivity contribution in [1.82, 2.24) is 4.31 Å². The standard InChI is InChI=1S/C15H24N2O2S/c1-12-6-7-15(13(2)9-12)16-10-14-5-4-8-17(11-14)20(3,18)19/h6-7,9,14,16H,4-5,8,10-11H2,1-3H3. The summed E-state index contributed by atoms with van der Waals surface area (Å²) in [5, 5.41) is 3.46. The molecule has 5 heteroatoms. The molecule has 1 atom stereocenters. The normalized spacial score (nSPS) is 20.9. The molecule has 4 nitrogen and oxygen atoms in total. The Morgan fingerprint density at radius 2 is 2.10 bits per heavy atom. The topological polar surface area (TPSA) is 49.4 Å². The van der Waals surface area contributed by atoms with Crippen molar-refractivity contribution >= 4 is 15.7 Å². The minimum absolute atomic E-state index is 0.388. The molecule has 1 aliphatic rings. The van der Waals surface area contributed by atoms with E-state index in [0.717, 1.165) is 25.1 Å². The van der Waals surface area contributed by atoms with Crippen molar-refractivity contribution in [2.24, 2.45) is 5.92 Å². The predicted octanol–water partition coefficient (Wildman–Crippen LogP) is 2.39. The molecule has 1 aliphatic heterocycles. The number of piperidine rings is 1. The van der Waals surface area contributed by atoms with Gasteiger partial charge in [0.2, 0.25) is 10.0 Å². The Hall–Kier alpha value is -1.07. The van der Waals surface area contributed by atoms with E-state index in [-0.39, 0.29) is 0 Å². The second-order valence-corrected chi connectivity index (χ2v) is 7.81. The molecule has 0 saturated carbocycles. The van der Waals surface area contributed by atoms with Crippen LogP contribution in [0.25, 0.3) is 0 Å². The van der Waals surface area contributed by atoms with Crippen molar-refractivity contribution in [3.05, 3.63) is 29.3 Å². The summed E-state index contributed by atoms with van der Waals surface area (Å²) in [6, 6.07) is 6.35. The van der Waals surface area contributed by atoms with E-state index in [2.05, 4.69) is 37.4 Å². The van der Waals surface area contributed by atoms with Gasteiger partial charge in [0.15, 0.2) is 0 Å². The van der Waals surface area contributed by atoms with Gasteiger partial charge in [0, 0.05) is 25.3 Å². The van der Waals surface area contributed by atoms with Crippen LogP contribution in [0.15, 0.2) is 18.2 Å². The molecule has 1 saturated heterocycles. The average Bonchev–Trinajstić information content (AvgIpc) is 2.37. The Morgan fingerprint density at radius 3 is 2.75 bits per heavy atom. The first-order chi connectivity index (χ1) is 9.36. The predicted molar refractivity (Wildman–Crippen MR) is 83.5 cm³/mol. The lowest BCUT2D eigenvalue weighted by atomic mass is 9.99. The van der Waals surface area contributed by atoms with Crippen molar-refractivity contribution in [2.75, 3.05) is 31.2 Å². The molecule has 0 amide bonds. The van der Waals surface area contributed by atoms with Crippen LogP contribution >= 0.6 is 0 Å². The van der Waals surface area contributed by atoms with E-state index < -0.39 is 10.0 Å². The maximum atomic E-state index is 11.6. The molecule has 0 spiro atoms. The fourth-order valence-electron chi connectivity index (χ4n) is 2.76. The van der Waals surface area contributed by atoms with Gasteiger partial charge in [-0.2, -0.15) is 0 Å². The molecule has 1 fully saturated rings. The molecule has 0 aliphatic carbocycles. The number of sulfonamides is 1. The zero-order valence-corrected chi connectivity index (χ0v) is 13.3. The van der Waals surface area contributed by atoms with E-state index in [1.807, 2.05) is 0 Å². The summed E-state index contributed by atoms with van der Waals surface area (Å²) >= 11 is 0. The van der Waals surface area contributed by atoms with Crippen molar-refractivity contribution in [3.8, 4) is 0 Å². The average molecular weight is 296 g/mol. The molecule has 0 bridgehead atoms. The van der Waals surface area contributed by atoms with Crippen LogP contribution in [0.1, 0.15) is 24.0 Å². The van der Waals surface area contributed by atoms with Crippen LogP contribution in [-0.2, 0) is 10.0 Å². The van der Waals surface area contributed by atoms with Crippen molar-refractivity contribution in [3.63, 3.8) is 0 Å². The lowest BCUT2D eigenvalue weighted by Crippen LogP contribution is -2.41. The van der Waals surface area contributed by atoms with Gasteiger partial charge in [0.25, 0.3) is 0 Å². The Kier molecular flexibility index (Phi) is 4.70. The second kappa shape index (κ2) is 6.14. The van der Waals surface area contributed by atoms with E-state index in [4.69, 9.17) is 0 Å². The van der Waals surface area contributed by atoms with Crippen molar-refractivity contribution < 1.29 is 8.42 Å². The molecule has 1 heterocycles. The third-order valence-corrected chi connectivity index (χ3v) is 5.18. The molecular weight excluding hydrogens is 272 g/mol. The lowest BCUT2D eigenvalue weighted by molar-refractivity contribution is 0.277. The summed E-state index contributed by atoms with van der Waals surface area (Å²) in [5.74, 6) is 0.388. The van der Waals surface area contributed by atoms with Crippen LogP contribution in [0.4, 0.5) is 5.69 Å². The van der Waals surface area contributed by atoms with Crippen LogP contribution in [0.3, 0.4) is 0 Å². The third kappa shape index (κ3) is 3.96. The molecule has 112 valence electrons. The Morgan fingerprint density at radius 1 is 1.35 bits per heavy atom. The number of nitrogens with zero attached hydrogens (tertiary/aromatic N) is 1. The zero-order valence-electron chi connectivity index (χ0n) is 12.5. The van der Waals surface area contributed by atoms with Crippen LogP contribution in [0, 0.1) is 19.8 Å². The van der Waals surface area contributed by atoms with Gasteiger partial charge in [0.05, 0.1) is 6.26 Å². The van der Waals surface area contributed by atoms with Crippen molar-refractivity contribution in [2.45, 2.75) is 26.7 Å². The number of hydrogen-bond acceptors (Lipinski definition) is 3. The summed E-state index contributed by atoms with van der Waals surface area (Å²) in [4.78, 5) is 0. The highest BCUT2D eigenvalue weighted by atomic mass is 32.2. The van der Waals surface area contributed by atoms with Gasteiger partial charge in [-0.05, 0) is 44.2 Å². The zero-order chi connectivity index (χ0) is 14.8. The minimum Gasteiger partial charge on any atom is -0.385 e. The molecule has 0 radical (unpaired) electrons. The highest BCUT2D eigenvalue weighted by Crippen LogP contribution is 2.21. The largest absolute Gasteiger partial charge is 0.385 e. The van der Waals surface area contributed by atoms with Crippen molar-refractivity contribution in [1.29, 1.82) is 0 Å². The maximum Gasteiger partial charge on any atom is 0.211 e. The van der Waals surface area contributed by atoms with Gasteiger partial charge in [-0.1, -0.05) is 17.7 Å². The number of anilines is 1. The first-order valence-electron chi connectivity index (χ1n) is 7.12. The SMILES string of the molecule is Cc1ccc(NCC2CCCN(S(C)(=O)=O)C2)c(C)c1. The highest BCUT2D eigenvalue weighted by molar-refractivity contribution is 7.88. The number of hydrogen-bond donors (Lipinski definition) is 1. The van der Waals surface area contributed by atoms with Crippen LogP contribution in [-0.4, -0.2) is 38.6 Å². The second-order valence-electron chi connectivity index (χ2n) is 5.83. The van der Waals surface area contributed by atoms with Gasteiger partial charge in [-0.25, -0.2) is 12.7 Å². The maximum absolute atomic E-state index is 11.6. The molecular formula is C15H24N2O2S. The molecule has 2 rings (SSSR count). The first kappa shape index (κ1) is 15.3. The van der Waals surface area contributed by atoms with Crippen LogP contribution in [0.2, 0.25) is 0 Å². The van der Waals surface area contributed by atoms with Gasteiger partial charge < -0.3 is 5.32 Å². The fraction of sp³-hybridized carbons (Fsp3) is 0.600. The Labute approximate surface area is 122 Å². The molecule has 1 aromatic carbocycles. The molecule has 0 aromatic heterocycles. The van der Waals surface area contributed by atoms with E-state index in [1.165, 1.54) is 17.4 Å². The van der Waals surface area contributed by atoms with Gasteiger partial charge in [-0.15, -0.1) is 0 Å². The first-order valence-corrected chi connectivity index (χ1v) is 8.97. The Balaban J connectivity index is 1.94. The summed E-state index contributed by atoms with van der Waals surface area (Å²) in [6.45, 7) is 6.31. The van der Waals surface area contributed by atoms with E-state index in [1.54, 1.807) is 4.31 Å². The number of nitrogens with one attached hydrogen (secondary N) is 1. The third-order valence-electron chi connectivity index (χ3n) is 3.91. The number of benzene rings is 1. The minimum atomic E-state index is -3.05. The Bertz CT molecular complexity index is 569. The summed E-state index contributed by atoms with van der Waals surface area (Å²) in [7, 11) is -3.05. The fourth-order valence-corrected chi connectivity index (χ4v) is 3.70. The van der Waals surface area contributed by atoms with Gasteiger partial charge >= 0.3 is 0 Å². The molecule has 20 heavy (non-hydrogen) atoms. The lowest BCUT2D eigenvalue weighted by Gasteiger charge is -2.31.